The Morgan fingerprint density at radius 2 is 1.48 bits per heavy atom. The smallest absolute Gasteiger partial charge is 0.233 e. The Hall–Kier alpha value is -2.56. The fourth-order valence-corrected chi connectivity index (χ4v) is 2.13. The first-order chi connectivity index (χ1) is 10.1. The van der Waals surface area contributed by atoms with Crippen molar-refractivity contribution in [3.8, 4) is 16.9 Å². The van der Waals surface area contributed by atoms with Gasteiger partial charge in [-0.1, -0.05) is 30.3 Å². The van der Waals surface area contributed by atoms with Crippen molar-refractivity contribution in [2.45, 2.75) is 6.18 Å². The first kappa shape index (κ1) is 13.4. The molecule has 0 bridgehead atoms. The number of benzene rings is 2. The molecule has 0 unspecified atom stereocenters. The van der Waals surface area contributed by atoms with Crippen LogP contribution in [0.3, 0.4) is 0 Å². The highest BCUT2D eigenvalue weighted by Gasteiger charge is 2.30. The average molecular weight is 288 g/mol. The van der Waals surface area contributed by atoms with Crippen molar-refractivity contribution in [3.05, 3.63) is 72.4 Å². The molecule has 1 heterocycles. The van der Waals surface area contributed by atoms with Crippen LogP contribution in [0.15, 0.2) is 66.9 Å². The lowest BCUT2D eigenvalue weighted by atomic mass is 10.1. The molecule has 0 fully saturated rings. The van der Waals surface area contributed by atoms with Gasteiger partial charge in [0.1, 0.15) is 0 Å². The summed E-state index contributed by atoms with van der Waals surface area (Å²) < 4.78 is 39.4. The molecule has 2 nitrogen and oxygen atoms in total. The highest BCUT2D eigenvalue weighted by molar-refractivity contribution is 5.61. The van der Waals surface area contributed by atoms with E-state index in [4.69, 9.17) is 0 Å². The van der Waals surface area contributed by atoms with Gasteiger partial charge in [-0.15, -0.1) is 0 Å². The third-order valence-corrected chi connectivity index (χ3v) is 3.15. The molecule has 106 valence electrons. The van der Waals surface area contributed by atoms with Gasteiger partial charge in [-0.2, -0.15) is 18.3 Å². The summed E-state index contributed by atoms with van der Waals surface area (Å²) in [5.74, 6) is 0. The molecule has 3 aromatic rings. The van der Waals surface area contributed by atoms with Crippen molar-refractivity contribution >= 4 is 0 Å². The van der Waals surface area contributed by atoms with Gasteiger partial charge >= 0.3 is 6.18 Å². The minimum absolute atomic E-state index is 0.590. The summed E-state index contributed by atoms with van der Waals surface area (Å²) in [4.78, 5) is 0. The monoisotopic (exact) mass is 288 g/mol. The maximum atomic E-state index is 12.6. The summed E-state index contributed by atoms with van der Waals surface area (Å²) >= 11 is 0. The summed E-state index contributed by atoms with van der Waals surface area (Å²) in [5.41, 5.74) is 1.71. The molecule has 3 rings (SSSR count). The van der Waals surface area contributed by atoms with E-state index >= 15 is 0 Å². The Balaban J connectivity index is 2.01. The lowest BCUT2D eigenvalue weighted by Crippen LogP contribution is -2.05. The molecule has 0 atom stereocenters. The number of alkyl halides is 3. The highest BCUT2D eigenvalue weighted by Crippen LogP contribution is 2.30. The van der Waals surface area contributed by atoms with E-state index < -0.39 is 11.7 Å². The van der Waals surface area contributed by atoms with Crippen molar-refractivity contribution in [2.75, 3.05) is 0 Å². The molecule has 0 aliphatic heterocycles. The van der Waals surface area contributed by atoms with Gasteiger partial charge in [-0.25, -0.2) is 4.68 Å². The number of aromatic nitrogens is 2. The number of halogens is 3. The molecule has 21 heavy (non-hydrogen) atoms. The van der Waals surface area contributed by atoms with Crippen LogP contribution in [0.25, 0.3) is 16.9 Å². The lowest BCUT2D eigenvalue weighted by Gasteiger charge is -2.10. The van der Waals surface area contributed by atoms with E-state index in [1.807, 2.05) is 36.4 Å². The first-order valence-corrected chi connectivity index (χ1v) is 6.33. The summed E-state index contributed by atoms with van der Waals surface area (Å²) in [6.45, 7) is 0. The van der Waals surface area contributed by atoms with Crippen LogP contribution in [-0.4, -0.2) is 9.78 Å². The minimum atomic E-state index is -4.33. The molecule has 0 amide bonds. The molecule has 2 aromatic carbocycles. The normalized spacial score (nSPS) is 11.6. The van der Waals surface area contributed by atoms with Gasteiger partial charge in [0.2, 0.25) is 0 Å². The van der Waals surface area contributed by atoms with Crippen molar-refractivity contribution in [2.24, 2.45) is 0 Å². The molecular weight excluding hydrogens is 277 g/mol. The molecular formula is C16H11F3N2. The predicted octanol–water partition coefficient (Wildman–Crippen LogP) is 4.56. The van der Waals surface area contributed by atoms with Crippen LogP contribution < -0.4 is 0 Å². The summed E-state index contributed by atoms with van der Waals surface area (Å²) in [5, 5.41) is 4.19. The molecule has 0 saturated heterocycles. The van der Waals surface area contributed by atoms with Crippen LogP contribution in [0.1, 0.15) is 5.56 Å². The van der Waals surface area contributed by atoms with E-state index in [9.17, 15) is 13.2 Å². The fraction of sp³-hybridized carbons (Fsp3) is 0.0625. The van der Waals surface area contributed by atoms with E-state index in [-0.39, 0.29) is 0 Å². The van der Waals surface area contributed by atoms with E-state index in [0.717, 1.165) is 23.4 Å². The molecule has 0 aliphatic carbocycles. The second kappa shape index (κ2) is 5.09. The highest BCUT2D eigenvalue weighted by atomic mass is 19.4. The number of rotatable bonds is 2. The fourth-order valence-electron chi connectivity index (χ4n) is 2.13. The largest absolute Gasteiger partial charge is 0.416 e. The van der Waals surface area contributed by atoms with Gasteiger partial charge in [-0.3, -0.25) is 0 Å². The number of nitrogens with zero attached hydrogens (tertiary/aromatic N) is 2. The topological polar surface area (TPSA) is 17.8 Å². The van der Waals surface area contributed by atoms with Crippen LogP contribution in [0.2, 0.25) is 0 Å². The number of hydrogen-bond acceptors (Lipinski definition) is 1. The molecule has 0 spiro atoms. The maximum absolute atomic E-state index is 12.6. The Kier molecular flexibility index (Phi) is 3.25. The van der Waals surface area contributed by atoms with E-state index in [1.165, 1.54) is 12.1 Å². The standard InChI is InChI=1S/C16H11F3N2/c17-16(18,19)13-6-8-14(9-7-13)21-15(10-11-20-21)12-4-2-1-3-5-12/h1-11H. The molecule has 0 radical (unpaired) electrons. The summed E-state index contributed by atoms with van der Waals surface area (Å²) in [7, 11) is 0. The van der Waals surface area contributed by atoms with Crippen LogP contribution in [-0.2, 0) is 6.18 Å². The quantitative estimate of drug-likeness (QED) is 0.676. The maximum Gasteiger partial charge on any atom is 0.416 e. The molecule has 0 aliphatic rings. The zero-order chi connectivity index (χ0) is 14.9. The molecule has 1 aromatic heterocycles. The zero-order valence-corrected chi connectivity index (χ0v) is 10.9. The van der Waals surface area contributed by atoms with Gasteiger partial charge in [-0.05, 0) is 30.3 Å². The van der Waals surface area contributed by atoms with Crippen molar-refractivity contribution in [1.82, 2.24) is 9.78 Å². The van der Waals surface area contributed by atoms with Gasteiger partial charge in [0.25, 0.3) is 0 Å². The Morgan fingerprint density at radius 3 is 2.10 bits per heavy atom. The SMILES string of the molecule is FC(F)(F)c1ccc(-n2nccc2-c2ccccc2)cc1. The number of hydrogen-bond donors (Lipinski definition) is 0. The van der Waals surface area contributed by atoms with E-state index in [1.54, 1.807) is 10.9 Å². The predicted molar refractivity (Wildman–Crippen MR) is 74.0 cm³/mol. The van der Waals surface area contributed by atoms with Gasteiger partial charge in [0, 0.05) is 5.56 Å². The van der Waals surface area contributed by atoms with Crippen LogP contribution in [0.4, 0.5) is 13.2 Å². The van der Waals surface area contributed by atoms with Crippen LogP contribution in [0, 0.1) is 0 Å². The third-order valence-electron chi connectivity index (χ3n) is 3.15. The average Bonchev–Trinajstić information content (AvgIpc) is 2.97. The van der Waals surface area contributed by atoms with Gasteiger partial charge in [0.15, 0.2) is 0 Å². The minimum Gasteiger partial charge on any atom is -0.233 e. The van der Waals surface area contributed by atoms with E-state index in [2.05, 4.69) is 5.10 Å². The Bertz CT molecular complexity index is 728. The van der Waals surface area contributed by atoms with Crippen LogP contribution in [0.5, 0.6) is 0 Å². The van der Waals surface area contributed by atoms with Crippen molar-refractivity contribution < 1.29 is 13.2 Å². The second-order valence-electron chi connectivity index (χ2n) is 4.54. The third kappa shape index (κ3) is 2.67. The molecule has 0 N–H and O–H groups in total. The summed E-state index contributed by atoms with van der Waals surface area (Å²) in [6.07, 6.45) is -2.70. The Labute approximate surface area is 119 Å². The van der Waals surface area contributed by atoms with Gasteiger partial charge in [0.05, 0.1) is 23.1 Å². The zero-order valence-electron chi connectivity index (χ0n) is 10.9. The summed E-state index contributed by atoms with van der Waals surface area (Å²) in [6, 6.07) is 16.4. The lowest BCUT2D eigenvalue weighted by molar-refractivity contribution is -0.137. The van der Waals surface area contributed by atoms with Gasteiger partial charge < -0.3 is 0 Å². The van der Waals surface area contributed by atoms with Crippen LogP contribution >= 0.6 is 0 Å². The van der Waals surface area contributed by atoms with Crippen molar-refractivity contribution in [3.63, 3.8) is 0 Å². The molecule has 5 heteroatoms. The second-order valence-corrected chi connectivity index (χ2v) is 4.54. The first-order valence-electron chi connectivity index (χ1n) is 6.33. The van der Waals surface area contributed by atoms with Crippen molar-refractivity contribution in [1.29, 1.82) is 0 Å². The molecule has 0 saturated carbocycles. The van der Waals surface area contributed by atoms with E-state index in [0.29, 0.717) is 5.69 Å². The Morgan fingerprint density at radius 1 is 0.810 bits per heavy atom.